The molecule has 28 heavy (non-hydrogen) atoms. The molecule has 2 amide bonds. The van der Waals surface area contributed by atoms with Crippen molar-refractivity contribution in [1.29, 1.82) is 0 Å². The highest BCUT2D eigenvalue weighted by Crippen LogP contribution is 2.21. The van der Waals surface area contributed by atoms with Crippen molar-refractivity contribution in [3.05, 3.63) is 47.7 Å². The smallest absolute Gasteiger partial charge is 0.410 e. The molecule has 0 bridgehead atoms. The molecule has 0 unspecified atom stereocenters. The molecule has 0 saturated carbocycles. The number of rotatable bonds is 5. The summed E-state index contributed by atoms with van der Waals surface area (Å²) in [6, 6.07) is 5.79. The Labute approximate surface area is 161 Å². The number of nitrogens with zero attached hydrogens (tertiary/aromatic N) is 3. The number of aromatic nitrogens is 2. The molecular formula is C19H21FN4O4. The van der Waals surface area contributed by atoms with E-state index in [2.05, 4.69) is 15.3 Å². The van der Waals surface area contributed by atoms with Gasteiger partial charge in [0.05, 0.1) is 25.4 Å². The Balaban J connectivity index is 1.60. The minimum absolute atomic E-state index is 0.150. The highest BCUT2D eigenvalue weighted by atomic mass is 19.1. The quantitative estimate of drug-likeness (QED) is 0.847. The lowest BCUT2D eigenvalue weighted by molar-refractivity contribution is 0.00156. The van der Waals surface area contributed by atoms with Crippen molar-refractivity contribution in [3.8, 4) is 5.75 Å². The number of carbonyl (C=O) groups excluding carboxylic acids is 2. The van der Waals surface area contributed by atoms with Gasteiger partial charge in [-0.3, -0.25) is 4.79 Å². The van der Waals surface area contributed by atoms with E-state index in [1.54, 1.807) is 31.7 Å². The highest BCUT2D eigenvalue weighted by Gasteiger charge is 2.34. The van der Waals surface area contributed by atoms with Crippen LogP contribution in [-0.2, 0) is 4.74 Å². The number of halogens is 1. The van der Waals surface area contributed by atoms with Crippen LogP contribution in [0, 0.1) is 12.7 Å². The van der Waals surface area contributed by atoms with E-state index in [4.69, 9.17) is 9.47 Å². The number of anilines is 1. The van der Waals surface area contributed by atoms with Gasteiger partial charge >= 0.3 is 6.09 Å². The SMILES string of the molecule is Cc1cc(OC2CN(C(=O)OC(C)C)C2)cc(C(=O)Nc2ccc(F)cn2)n1. The zero-order valence-electron chi connectivity index (χ0n) is 15.8. The number of pyridine rings is 2. The number of hydrogen-bond donors (Lipinski definition) is 1. The second-order valence-electron chi connectivity index (χ2n) is 6.72. The molecule has 1 fully saturated rings. The average molecular weight is 388 g/mol. The molecule has 1 aliphatic heterocycles. The Kier molecular flexibility index (Phi) is 5.72. The third kappa shape index (κ3) is 4.93. The van der Waals surface area contributed by atoms with Gasteiger partial charge in [-0.1, -0.05) is 0 Å². The standard InChI is InChI=1S/C19H21FN4O4/c1-11(2)27-19(26)24-9-15(10-24)28-14-6-12(3)22-16(7-14)18(25)23-17-5-4-13(20)8-21-17/h4-8,11,15H,9-10H2,1-3H3,(H,21,23,25). The van der Waals surface area contributed by atoms with Crippen molar-refractivity contribution in [3.63, 3.8) is 0 Å². The van der Waals surface area contributed by atoms with Crippen LogP contribution in [0.2, 0.25) is 0 Å². The zero-order valence-corrected chi connectivity index (χ0v) is 15.8. The van der Waals surface area contributed by atoms with Crippen molar-refractivity contribution in [1.82, 2.24) is 14.9 Å². The fourth-order valence-electron chi connectivity index (χ4n) is 2.58. The molecule has 9 heteroatoms. The molecule has 2 aromatic rings. The van der Waals surface area contributed by atoms with Crippen molar-refractivity contribution >= 4 is 17.8 Å². The van der Waals surface area contributed by atoms with Gasteiger partial charge in [0.25, 0.3) is 5.91 Å². The summed E-state index contributed by atoms with van der Waals surface area (Å²) in [5.74, 6) is -0.278. The van der Waals surface area contributed by atoms with E-state index in [1.807, 2.05) is 0 Å². The first-order chi connectivity index (χ1) is 13.3. The predicted octanol–water partition coefficient (Wildman–Crippen LogP) is 2.78. The molecule has 148 valence electrons. The summed E-state index contributed by atoms with van der Waals surface area (Å²) in [5, 5.41) is 2.56. The third-order valence-corrected chi connectivity index (χ3v) is 3.87. The Bertz CT molecular complexity index is 867. The minimum Gasteiger partial charge on any atom is -0.487 e. The van der Waals surface area contributed by atoms with Gasteiger partial charge in [-0.2, -0.15) is 0 Å². The summed E-state index contributed by atoms with van der Waals surface area (Å²) >= 11 is 0. The topological polar surface area (TPSA) is 93.6 Å². The zero-order chi connectivity index (χ0) is 20.3. The number of amides is 2. The van der Waals surface area contributed by atoms with Gasteiger partial charge < -0.3 is 19.7 Å². The first-order valence-electron chi connectivity index (χ1n) is 8.84. The molecule has 8 nitrogen and oxygen atoms in total. The maximum atomic E-state index is 12.9. The van der Waals surface area contributed by atoms with Crippen molar-refractivity contribution in [2.24, 2.45) is 0 Å². The fourth-order valence-corrected chi connectivity index (χ4v) is 2.58. The number of ether oxygens (including phenoxy) is 2. The Morgan fingerprint density at radius 3 is 2.68 bits per heavy atom. The van der Waals surface area contributed by atoms with E-state index in [0.717, 1.165) is 6.20 Å². The van der Waals surface area contributed by atoms with E-state index >= 15 is 0 Å². The largest absolute Gasteiger partial charge is 0.487 e. The molecular weight excluding hydrogens is 367 g/mol. The number of carbonyl (C=O) groups is 2. The van der Waals surface area contributed by atoms with Crippen LogP contribution in [0.4, 0.5) is 15.0 Å². The first-order valence-corrected chi connectivity index (χ1v) is 8.84. The van der Waals surface area contributed by atoms with Crippen LogP contribution >= 0.6 is 0 Å². The van der Waals surface area contributed by atoms with Gasteiger partial charge in [-0.25, -0.2) is 19.2 Å². The normalized spacial score (nSPS) is 13.8. The summed E-state index contributed by atoms with van der Waals surface area (Å²) < 4.78 is 23.9. The average Bonchev–Trinajstić information content (AvgIpc) is 2.58. The van der Waals surface area contributed by atoms with E-state index in [0.29, 0.717) is 24.5 Å². The predicted molar refractivity (Wildman–Crippen MR) is 98.7 cm³/mol. The van der Waals surface area contributed by atoms with Crippen LogP contribution in [0.5, 0.6) is 5.75 Å². The molecule has 0 spiro atoms. The molecule has 0 aromatic carbocycles. The second kappa shape index (κ2) is 8.20. The summed E-state index contributed by atoms with van der Waals surface area (Å²) in [6.45, 7) is 6.15. The lowest BCUT2D eigenvalue weighted by Gasteiger charge is -2.38. The van der Waals surface area contributed by atoms with Crippen LogP contribution in [0.15, 0.2) is 30.5 Å². The van der Waals surface area contributed by atoms with Crippen LogP contribution in [0.1, 0.15) is 30.0 Å². The third-order valence-electron chi connectivity index (χ3n) is 3.87. The Morgan fingerprint density at radius 1 is 1.29 bits per heavy atom. The van der Waals surface area contributed by atoms with E-state index < -0.39 is 11.7 Å². The van der Waals surface area contributed by atoms with Gasteiger partial charge in [-0.15, -0.1) is 0 Å². The minimum atomic E-state index is -0.491. The summed E-state index contributed by atoms with van der Waals surface area (Å²) in [7, 11) is 0. The molecule has 0 radical (unpaired) electrons. The van der Waals surface area contributed by atoms with Crippen molar-refractivity contribution < 1.29 is 23.5 Å². The van der Waals surface area contributed by atoms with Crippen LogP contribution in [0.25, 0.3) is 0 Å². The molecule has 3 rings (SSSR count). The Morgan fingerprint density at radius 2 is 2.04 bits per heavy atom. The fraction of sp³-hybridized carbons (Fsp3) is 0.368. The van der Waals surface area contributed by atoms with Crippen LogP contribution in [0.3, 0.4) is 0 Å². The lowest BCUT2D eigenvalue weighted by atomic mass is 10.2. The maximum absolute atomic E-state index is 12.9. The Hall–Kier alpha value is -3.23. The second-order valence-corrected chi connectivity index (χ2v) is 6.72. The summed E-state index contributed by atoms with van der Waals surface area (Å²) in [5.41, 5.74) is 0.752. The number of likely N-dealkylation sites (tertiary alicyclic amines) is 1. The lowest BCUT2D eigenvalue weighted by Crippen LogP contribution is -2.56. The van der Waals surface area contributed by atoms with Gasteiger partial charge in [0, 0.05) is 17.8 Å². The number of aryl methyl sites for hydroxylation is 1. The maximum Gasteiger partial charge on any atom is 0.410 e. The molecule has 1 saturated heterocycles. The van der Waals surface area contributed by atoms with Gasteiger partial charge in [0.1, 0.15) is 29.2 Å². The molecule has 2 aromatic heterocycles. The van der Waals surface area contributed by atoms with E-state index in [9.17, 15) is 14.0 Å². The molecule has 0 atom stereocenters. The molecule has 1 N–H and O–H groups in total. The van der Waals surface area contributed by atoms with Gasteiger partial charge in [0.2, 0.25) is 0 Å². The molecule has 0 aliphatic carbocycles. The first kappa shape index (κ1) is 19.5. The van der Waals surface area contributed by atoms with Crippen molar-refractivity contribution in [2.75, 3.05) is 18.4 Å². The van der Waals surface area contributed by atoms with Crippen molar-refractivity contribution in [2.45, 2.75) is 33.0 Å². The summed E-state index contributed by atoms with van der Waals surface area (Å²) in [6.07, 6.45) is 0.288. The van der Waals surface area contributed by atoms with E-state index in [1.165, 1.54) is 18.2 Å². The highest BCUT2D eigenvalue weighted by molar-refractivity contribution is 6.02. The van der Waals surface area contributed by atoms with Crippen LogP contribution in [-0.4, -0.2) is 52.2 Å². The monoisotopic (exact) mass is 388 g/mol. The number of hydrogen-bond acceptors (Lipinski definition) is 6. The molecule has 1 aliphatic rings. The number of nitrogens with one attached hydrogen (secondary N) is 1. The van der Waals surface area contributed by atoms with Gasteiger partial charge in [0.15, 0.2) is 0 Å². The van der Waals surface area contributed by atoms with E-state index in [-0.39, 0.29) is 29.8 Å². The van der Waals surface area contributed by atoms with Gasteiger partial charge in [-0.05, 0) is 32.9 Å². The van der Waals surface area contributed by atoms with Crippen LogP contribution < -0.4 is 10.1 Å². The summed E-state index contributed by atoms with van der Waals surface area (Å²) in [4.78, 5) is 33.7. The molecule has 3 heterocycles.